The number of amidine groups is 1. The number of nitrogens with zero attached hydrogens (tertiary/aromatic N) is 1. The van der Waals surface area contributed by atoms with E-state index in [1.807, 2.05) is 0 Å². The molecule has 1 aromatic carbocycles. The first kappa shape index (κ1) is 13.8. The third kappa shape index (κ3) is 4.26. The second kappa shape index (κ2) is 5.40. The Morgan fingerprint density at radius 2 is 2.12 bits per heavy atom. The van der Waals surface area contributed by atoms with Crippen molar-refractivity contribution in [2.24, 2.45) is 10.9 Å². The second-order valence-corrected chi connectivity index (χ2v) is 6.49. The maximum Gasteiger partial charge on any atom is 0.170 e. The quantitative estimate of drug-likeness (QED) is 0.378. The van der Waals surface area contributed by atoms with E-state index in [1.165, 1.54) is 6.07 Å². The molecule has 1 aromatic rings. The average Bonchev–Trinajstić information content (AvgIpc) is 2.25. The summed E-state index contributed by atoms with van der Waals surface area (Å²) >= 11 is 1.67. The Morgan fingerprint density at radius 3 is 2.59 bits per heavy atom. The first-order valence-electron chi connectivity index (χ1n) is 5.24. The molecule has 0 aliphatic heterocycles. The van der Waals surface area contributed by atoms with Crippen molar-refractivity contribution < 1.29 is 9.60 Å². The molecule has 0 atom stereocenters. The lowest BCUT2D eigenvalue weighted by molar-refractivity contribution is 0.318. The summed E-state index contributed by atoms with van der Waals surface area (Å²) in [5.41, 5.74) is 6.39. The molecule has 0 aliphatic rings. The lowest BCUT2D eigenvalue weighted by Crippen LogP contribution is -2.13. The smallest absolute Gasteiger partial charge is 0.170 e. The van der Waals surface area contributed by atoms with Crippen molar-refractivity contribution >= 4 is 17.6 Å². The van der Waals surface area contributed by atoms with Gasteiger partial charge in [-0.2, -0.15) is 11.8 Å². The molecule has 0 fully saturated rings. The minimum atomic E-state index is -0.328. The molecule has 17 heavy (non-hydrogen) atoms. The van der Waals surface area contributed by atoms with Gasteiger partial charge in [-0.05, 0) is 11.6 Å². The maximum absolute atomic E-state index is 13.7. The molecule has 0 amide bonds. The summed E-state index contributed by atoms with van der Waals surface area (Å²) in [5.74, 6) is 0.191. The number of nitrogens with two attached hydrogens (primary N) is 1. The van der Waals surface area contributed by atoms with E-state index in [9.17, 15) is 4.39 Å². The van der Waals surface area contributed by atoms with Gasteiger partial charge in [-0.1, -0.05) is 38.1 Å². The summed E-state index contributed by atoms with van der Waals surface area (Å²) in [6, 6.07) is 4.60. The highest BCUT2D eigenvalue weighted by Crippen LogP contribution is 2.28. The Kier molecular flexibility index (Phi) is 4.40. The molecule has 0 radical (unpaired) electrons. The predicted molar refractivity (Wildman–Crippen MR) is 70.0 cm³/mol. The molecule has 0 bridgehead atoms. The van der Waals surface area contributed by atoms with Crippen molar-refractivity contribution in [1.82, 2.24) is 0 Å². The van der Waals surface area contributed by atoms with E-state index >= 15 is 0 Å². The van der Waals surface area contributed by atoms with Crippen molar-refractivity contribution in [3.05, 3.63) is 35.1 Å². The van der Waals surface area contributed by atoms with Crippen LogP contribution >= 0.6 is 11.8 Å². The zero-order chi connectivity index (χ0) is 13.1. The van der Waals surface area contributed by atoms with Crippen LogP contribution in [0.25, 0.3) is 0 Å². The zero-order valence-electron chi connectivity index (χ0n) is 10.2. The van der Waals surface area contributed by atoms with Gasteiger partial charge in [-0.15, -0.1) is 0 Å². The summed E-state index contributed by atoms with van der Waals surface area (Å²) in [6.07, 6.45) is 0. The van der Waals surface area contributed by atoms with Crippen LogP contribution in [0.4, 0.5) is 4.39 Å². The van der Waals surface area contributed by atoms with Gasteiger partial charge in [0.05, 0.1) is 0 Å². The molecule has 0 saturated carbocycles. The van der Waals surface area contributed by atoms with E-state index in [0.29, 0.717) is 16.9 Å². The van der Waals surface area contributed by atoms with Crippen molar-refractivity contribution in [3.8, 4) is 0 Å². The fraction of sp³-hybridized carbons (Fsp3) is 0.417. The molecule has 1 rings (SSSR count). The number of thioether (sulfide) groups is 1. The third-order valence-corrected chi connectivity index (χ3v) is 3.44. The Balaban J connectivity index is 2.84. The van der Waals surface area contributed by atoms with Crippen LogP contribution in [-0.2, 0) is 5.75 Å². The number of rotatable bonds is 3. The molecule has 0 aliphatic carbocycles. The summed E-state index contributed by atoms with van der Waals surface area (Å²) in [6.45, 7) is 6.25. The SMILES string of the molecule is CC(C)(C)SCc1ccc(/C(N)=N/O)cc1F. The Labute approximate surface area is 105 Å². The number of benzene rings is 1. The van der Waals surface area contributed by atoms with E-state index in [4.69, 9.17) is 10.9 Å². The molecule has 0 aromatic heterocycles. The van der Waals surface area contributed by atoms with Gasteiger partial charge in [0.2, 0.25) is 0 Å². The summed E-state index contributed by atoms with van der Waals surface area (Å²) < 4.78 is 13.8. The van der Waals surface area contributed by atoms with Crippen LogP contribution in [0.1, 0.15) is 31.9 Å². The van der Waals surface area contributed by atoms with Crippen molar-refractivity contribution in [2.75, 3.05) is 0 Å². The molecule has 3 N–H and O–H groups in total. The lowest BCUT2D eigenvalue weighted by Gasteiger charge is -2.17. The van der Waals surface area contributed by atoms with Gasteiger partial charge >= 0.3 is 0 Å². The number of hydrogen-bond acceptors (Lipinski definition) is 3. The molecule has 0 unspecified atom stereocenters. The average molecular weight is 256 g/mol. The lowest BCUT2D eigenvalue weighted by atomic mass is 10.1. The molecule has 0 spiro atoms. The first-order chi connectivity index (χ1) is 7.83. The highest BCUT2D eigenvalue weighted by Gasteiger charge is 2.13. The Hall–Kier alpha value is -1.23. The zero-order valence-corrected chi connectivity index (χ0v) is 11.0. The minimum absolute atomic E-state index is 0.0843. The van der Waals surface area contributed by atoms with Crippen molar-refractivity contribution in [2.45, 2.75) is 31.3 Å². The minimum Gasteiger partial charge on any atom is -0.409 e. The largest absolute Gasteiger partial charge is 0.409 e. The first-order valence-corrected chi connectivity index (χ1v) is 6.22. The van der Waals surface area contributed by atoms with Gasteiger partial charge < -0.3 is 10.9 Å². The van der Waals surface area contributed by atoms with Gasteiger partial charge in [0.15, 0.2) is 5.84 Å². The van der Waals surface area contributed by atoms with Crippen LogP contribution in [0.2, 0.25) is 0 Å². The van der Waals surface area contributed by atoms with E-state index < -0.39 is 0 Å². The van der Waals surface area contributed by atoms with Gasteiger partial charge in [0.25, 0.3) is 0 Å². The van der Waals surface area contributed by atoms with Crippen LogP contribution < -0.4 is 5.73 Å². The van der Waals surface area contributed by atoms with Crippen LogP contribution in [0, 0.1) is 5.82 Å². The fourth-order valence-corrected chi connectivity index (χ4v) is 2.00. The molecule has 3 nitrogen and oxygen atoms in total. The number of oxime groups is 1. The van der Waals surface area contributed by atoms with E-state index in [1.54, 1.807) is 23.9 Å². The standard InChI is InChI=1S/C12H17FN2OS/c1-12(2,3)17-7-9-5-4-8(6-10(9)13)11(14)15-16/h4-6,16H,7H2,1-3H3,(H2,14,15). The Morgan fingerprint density at radius 1 is 1.47 bits per heavy atom. The highest BCUT2D eigenvalue weighted by atomic mass is 32.2. The molecule has 0 saturated heterocycles. The normalized spacial score (nSPS) is 12.8. The number of hydrogen-bond donors (Lipinski definition) is 2. The fourth-order valence-electron chi connectivity index (χ4n) is 1.18. The van der Waals surface area contributed by atoms with Crippen LogP contribution in [0.3, 0.4) is 0 Å². The maximum atomic E-state index is 13.7. The van der Waals surface area contributed by atoms with Gasteiger partial charge in [-0.3, -0.25) is 0 Å². The molecular weight excluding hydrogens is 239 g/mol. The second-order valence-electron chi connectivity index (χ2n) is 4.69. The molecule has 5 heteroatoms. The summed E-state index contributed by atoms with van der Waals surface area (Å²) in [7, 11) is 0. The van der Waals surface area contributed by atoms with Crippen molar-refractivity contribution in [3.63, 3.8) is 0 Å². The highest BCUT2D eigenvalue weighted by molar-refractivity contribution is 7.99. The molecular formula is C12H17FN2OS. The van der Waals surface area contributed by atoms with Crippen LogP contribution in [0.15, 0.2) is 23.4 Å². The summed E-state index contributed by atoms with van der Waals surface area (Å²) in [4.78, 5) is 0. The molecule has 0 heterocycles. The van der Waals surface area contributed by atoms with E-state index in [-0.39, 0.29) is 16.4 Å². The summed E-state index contributed by atoms with van der Waals surface area (Å²) in [5, 5.41) is 11.3. The predicted octanol–water partition coefficient (Wildman–Crippen LogP) is 2.95. The topological polar surface area (TPSA) is 58.6 Å². The van der Waals surface area contributed by atoms with E-state index in [2.05, 4.69) is 25.9 Å². The van der Waals surface area contributed by atoms with E-state index in [0.717, 1.165) is 0 Å². The van der Waals surface area contributed by atoms with Gasteiger partial charge in [0, 0.05) is 16.1 Å². The van der Waals surface area contributed by atoms with Gasteiger partial charge in [-0.25, -0.2) is 4.39 Å². The third-order valence-electron chi connectivity index (χ3n) is 2.12. The number of halogens is 1. The Bertz CT molecular complexity index is 427. The monoisotopic (exact) mass is 256 g/mol. The van der Waals surface area contributed by atoms with Crippen molar-refractivity contribution in [1.29, 1.82) is 0 Å². The van der Waals surface area contributed by atoms with Gasteiger partial charge in [0.1, 0.15) is 5.82 Å². The van der Waals surface area contributed by atoms with Crippen LogP contribution in [0.5, 0.6) is 0 Å². The molecule has 94 valence electrons. The van der Waals surface area contributed by atoms with Crippen LogP contribution in [-0.4, -0.2) is 15.8 Å².